The van der Waals surface area contributed by atoms with E-state index in [1.807, 2.05) is 60.7 Å². The fourth-order valence-corrected chi connectivity index (χ4v) is 2.45. The van der Waals surface area contributed by atoms with Crippen molar-refractivity contribution >= 4 is 11.9 Å². The largest absolute Gasteiger partial charge is 0.289 e. The van der Waals surface area contributed by atoms with Crippen LogP contribution in [0, 0.1) is 0 Å². The average Bonchev–Trinajstić information content (AvgIpc) is 3.32. The number of rotatable bonds is 4. The zero-order valence-corrected chi connectivity index (χ0v) is 13.0. The minimum absolute atomic E-state index is 0.189. The number of carbonyl (C=O) groups excluding carboxylic acids is 1. The van der Waals surface area contributed by atoms with E-state index >= 15 is 0 Å². The molecule has 0 spiro atoms. The molecule has 0 aliphatic heterocycles. The van der Waals surface area contributed by atoms with Crippen molar-refractivity contribution in [1.82, 2.24) is 30.2 Å². The Bertz CT molecular complexity index is 992. The molecule has 122 valence electrons. The molecule has 0 unspecified atom stereocenters. The molecular weight excluding hydrogens is 318 g/mol. The van der Waals surface area contributed by atoms with Crippen LogP contribution in [0.1, 0.15) is 10.5 Å². The van der Waals surface area contributed by atoms with Gasteiger partial charge in [-0.15, -0.1) is 10.2 Å². The molecule has 4 rings (SSSR count). The molecule has 0 fully saturated rings. The Morgan fingerprint density at radius 1 is 0.960 bits per heavy atom. The Morgan fingerprint density at radius 2 is 1.68 bits per heavy atom. The van der Waals surface area contributed by atoms with Gasteiger partial charge in [0.25, 0.3) is 5.91 Å². The van der Waals surface area contributed by atoms with Crippen molar-refractivity contribution in [3.63, 3.8) is 0 Å². The Hall–Kier alpha value is -3.81. The SMILES string of the molecule is O=C(Nc1nncn1-c1ccccc1)c1n[nH]nc1-c1ccccc1. The highest BCUT2D eigenvalue weighted by Gasteiger charge is 2.20. The van der Waals surface area contributed by atoms with Crippen LogP contribution in [0.25, 0.3) is 16.9 Å². The van der Waals surface area contributed by atoms with Crippen molar-refractivity contribution in [3.05, 3.63) is 72.7 Å². The maximum absolute atomic E-state index is 12.6. The van der Waals surface area contributed by atoms with E-state index in [0.29, 0.717) is 11.6 Å². The van der Waals surface area contributed by atoms with Crippen molar-refractivity contribution in [2.45, 2.75) is 0 Å². The molecule has 2 aromatic heterocycles. The summed E-state index contributed by atoms with van der Waals surface area (Å²) in [5.41, 5.74) is 2.30. The summed E-state index contributed by atoms with van der Waals surface area (Å²) in [6.45, 7) is 0. The van der Waals surface area contributed by atoms with Crippen LogP contribution in [0.15, 0.2) is 67.0 Å². The summed E-state index contributed by atoms with van der Waals surface area (Å²) in [7, 11) is 0. The molecule has 0 saturated carbocycles. The number of aromatic amines is 1. The smallest absolute Gasteiger partial charge is 0.280 e. The van der Waals surface area contributed by atoms with Crippen molar-refractivity contribution in [3.8, 4) is 16.9 Å². The van der Waals surface area contributed by atoms with Crippen LogP contribution in [0.3, 0.4) is 0 Å². The number of carbonyl (C=O) groups is 1. The lowest BCUT2D eigenvalue weighted by molar-refractivity contribution is 0.102. The third-order valence-electron chi connectivity index (χ3n) is 3.62. The number of anilines is 1. The van der Waals surface area contributed by atoms with E-state index in [9.17, 15) is 4.79 Å². The number of benzene rings is 2. The second-order valence-corrected chi connectivity index (χ2v) is 5.20. The molecule has 0 aliphatic carbocycles. The third kappa shape index (κ3) is 2.88. The number of nitrogens with one attached hydrogen (secondary N) is 2. The molecule has 0 radical (unpaired) electrons. The molecule has 4 aromatic rings. The molecule has 2 N–H and O–H groups in total. The summed E-state index contributed by atoms with van der Waals surface area (Å²) in [4.78, 5) is 12.6. The van der Waals surface area contributed by atoms with Crippen molar-refractivity contribution in [1.29, 1.82) is 0 Å². The first-order valence-corrected chi connectivity index (χ1v) is 7.56. The Labute approximate surface area is 142 Å². The van der Waals surface area contributed by atoms with Gasteiger partial charge in [-0.05, 0) is 12.1 Å². The van der Waals surface area contributed by atoms with E-state index in [2.05, 4.69) is 30.9 Å². The molecule has 0 bridgehead atoms. The Balaban J connectivity index is 1.63. The molecule has 2 aromatic carbocycles. The lowest BCUT2D eigenvalue weighted by atomic mass is 10.1. The maximum Gasteiger partial charge on any atom is 0.280 e. The maximum atomic E-state index is 12.6. The number of H-pyrrole nitrogens is 1. The zero-order valence-electron chi connectivity index (χ0n) is 13.0. The predicted molar refractivity (Wildman–Crippen MR) is 91.1 cm³/mol. The zero-order chi connectivity index (χ0) is 17.1. The van der Waals surface area contributed by atoms with Gasteiger partial charge in [-0.2, -0.15) is 15.4 Å². The summed E-state index contributed by atoms with van der Waals surface area (Å²) >= 11 is 0. The van der Waals surface area contributed by atoms with E-state index in [-0.39, 0.29) is 5.69 Å². The van der Waals surface area contributed by atoms with Crippen molar-refractivity contribution in [2.24, 2.45) is 0 Å². The quantitative estimate of drug-likeness (QED) is 0.597. The highest BCUT2D eigenvalue weighted by Crippen LogP contribution is 2.20. The molecule has 0 aliphatic rings. The van der Waals surface area contributed by atoms with Gasteiger partial charge in [0.1, 0.15) is 12.0 Å². The standard InChI is InChI=1S/C17H13N7O/c25-16(15-14(20-23-21-15)12-7-3-1-4-8-12)19-17-22-18-11-24(17)13-9-5-2-6-10-13/h1-11H,(H,19,22,25)(H,20,21,23). The van der Waals surface area contributed by atoms with Gasteiger partial charge in [0.2, 0.25) is 5.95 Å². The highest BCUT2D eigenvalue weighted by molar-refractivity contribution is 6.05. The summed E-state index contributed by atoms with van der Waals surface area (Å²) in [6, 6.07) is 18.9. The van der Waals surface area contributed by atoms with Gasteiger partial charge < -0.3 is 0 Å². The predicted octanol–water partition coefficient (Wildman–Crippen LogP) is 2.30. The van der Waals surface area contributed by atoms with E-state index in [4.69, 9.17) is 0 Å². The van der Waals surface area contributed by atoms with E-state index in [1.165, 1.54) is 6.33 Å². The molecule has 1 amide bonds. The second kappa shape index (κ2) is 6.36. The molecule has 2 heterocycles. The minimum atomic E-state index is -0.419. The number of aromatic nitrogens is 6. The lowest BCUT2D eigenvalue weighted by Gasteiger charge is -2.07. The third-order valence-corrected chi connectivity index (χ3v) is 3.62. The van der Waals surface area contributed by atoms with Gasteiger partial charge in [-0.1, -0.05) is 48.5 Å². The molecule has 0 atom stereocenters. The second-order valence-electron chi connectivity index (χ2n) is 5.20. The van der Waals surface area contributed by atoms with Gasteiger partial charge in [0.05, 0.1) is 5.69 Å². The molecule has 25 heavy (non-hydrogen) atoms. The molecule has 8 nitrogen and oxygen atoms in total. The van der Waals surface area contributed by atoms with Crippen LogP contribution in [0.2, 0.25) is 0 Å². The number of hydrogen-bond acceptors (Lipinski definition) is 5. The Kier molecular flexibility index (Phi) is 3.76. The van der Waals surface area contributed by atoms with E-state index in [0.717, 1.165) is 11.3 Å². The van der Waals surface area contributed by atoms with Gasteiger partial charge in [-0.3, -0.25) is 14.7 Å². The highest BCUT2D eigenvalue weighted by atomic mass is 16.2. The van der Waals surface area contributed by atoms with Crippen LogP contribution >= 0.6 is 0 Å². The monoisotopic (exact) mass is 331 g/mol. The first-order chi connectivity index (χ1) is 12.3. The Morgan fingerprint density at radius 3 is 2.44 bits per heavy atom. The number of para-hydroxylation sites is 1. The van der Waals surface area contributed by atoms with Crippen molar-refractivity contribution < 1.29 is 4.79 Å². The normalized spacial score (nSPS) is 10.6. The summed E-state index contributed by atoms with van der Waals surface area (Å²) in [6.07, 6.45) is 1.53. The van der Waals surface area contributed by atoms with Gasteiger partial charge in [0, 0.05) is 5.56 Å². The topological polar surface area (TPSA) is 101 Å². The average molecular weight is 331 g/mol. The van der Waals surface area contributed by atoms with E-state index < -0.39 is 5.91 Å². The summed E-state index contributed by atoms with van der Waals surface area (Å²) < 4.78 is 1.68. The van der Waals surface area contributed by atoms with Crippen LogP contribution in [0.4, 0.5) is 5.95 Å². The van der Waals surface area contributed by atoms with Gasteiger partial charge >= 0.3 is 0 Å². The summed E-state index contributed by atoms with van der Waals surface area (Å²) in [5.74, 6) is -0.115. The number of amides is 1. The molecule has 8 heteroatoms. The van der Waals surface area contributed by atoms with Crippen LogP contribution in [-0.2, 0) is 0 Å². The summed E-state index contributed by atoms with van der Waals surface area (Å²) in [5, 5.41) is 21.1. The molecular formula is C17H13N7O. The van der Waals surface area contributed by atoms with Gasteiger partial charge in [0.15, 0.2) is 5.69 Å². The first kappa shape index (κ1) is 14.8. The molecule has 0 saturated heterocycles. The first-order valence-electron chi connectivity index (χ1n) is 7.56. The lowest BCUT2D eigenvalue weighted by Crippen LogP contribution is -2.16. The number of hydrogen-bond donors (Lipinski definition) is 2. The van der Waals surface area contributed by atoms with E-state index in [1.54, 1.807) is 4.57 Å². The van der Waals surface area contributed by atoms with Crippen LogP contribution in [0.5, 0.6) is 0 Å². The fourth-order valence-electron chi connectivity index (χ4n) is 2.45. The number of nitrogens with zero attached hydrogens (tertiary/aromatic N) is 5. The van der Waals surface area contributed by atoms with Crippen LogP contribution < -0.4 is 5.32 Å². The van der Waals surface area contributed by atoms with Gasteiger partial charge in [-0.25, -0.2) is 0 Å². The minimum Gasteiger partial charge on any atom is -0.289 e. The van der Waals surface area contributed by atoms with Crippen LogP contribution in [-0.4, -0.2) is 36.1 Å². The van der Waals surface area contributed by atoms with Crippen molar-refractivity contribution in [2.75, 3.05) is 5.32 Å². The fraction of sp³-hybridized carbons (Fsp3) is 0.